The van der Waals surface area contributed by atoms with Crippen LogP contribution in [0.15, 0.2) is 42.5 Å². The Balaban J connectivity index is 1.46. The Labute approximate surface area is 169 Å². The van der Waals surface area contributed by atoms with Gasteiger partial charge in [0.05, 0.1) is 6.04 Å². The summed E-state index contributed by atoms with van der Waals surface area (Å²) in [4.78, 5) is 17.2. The van der Waals surface area contributed by atoms with Gasteiger partial charge < -0.3 is 4.74 Å². The summed E-state index contributed by atoms with van der Waals surface area (Å²) < 4.78 is 33.5. The number of rotatable bonds is 2. The monoisotopic (exact) mass is 398 g/mol. The first-order chi connectivity index (χ1) is 14.1. The zero-order chi connectivity index (χ0) is 20.0. The van der Waals surface area contributed by atoms with Gasteiger partial charge in [0, 0.05) is 13.1 Å². The molecule has 2 aromatic rings. The number of nitrogens with zero attached hydrogens (tertiary/aromatic N) is 2. The summed E-state index contributed by atoms with van der Waals surface area (Å²) in [6.07, 6.45) is 2.38. The van der Waals surface area contributed by atoms with Crippen molar-refractivity contribution in [3.8, 4) is 0 Å². The van der Waals surface area contributed by atoms with Gasteiger partial charge in [-0.2, -0.15) is 0 Å². The Morgan fingerprint density at radius 1 is 1.00 bits per heavy atom. The zero-order valence-electron chi connectivity index (χ0n) is 16.2. The SMILES string of the molecule is O=C(O[C@@H]1CN2CCC1CC2)N1CCc2ccccc2[C@H]1c1ccc(F)c(F)c1. The number of benzene rings is 2. The molecule has 0 spiro atoms. The molecule has 2 aromatic carbocycles. The molecule has 152 valence electrons. The highest BCUT2D eigenvalue weighted by Gasteiger charge is 2.39. The summed E-state index contributed by atoms with van der Waals surface area (Å²) in [5.41, 5.74) is 2.62. The molecule has 4 heterocycles. The van der Waals surface area contributed by atoms with E-state index in [1.54, 1.807) is 11.0 Å². The molecule has 4 nitrogen and oxygen atoms in total. The molecule has 1 amide bonds. The minimum absolute atomic E-state index is 0.0900. The normalized spacial score (nSPS) is 28.1. The van der Waals surface area contributed by atoms with E-state index in [1.165, 1.54) is 6.07 Å². The number of hydrogen-bond donors (Lipinski definition) is 0. The van der Waals surface area contributed by atoms with Gasteiger partial charge in [-0.25, -0.2) is 13.6 Å². The van der Waals surface area contributed by atoms with E-state index < -0.39 is 17.7 Å². The maximum absolute atomic E-state index is 14.0. The third kappa shape index (κ3) is 3.39. The molecule has 0 aromatic heterocycles. The fourth-order valence-corrected chi connectivity index (χ4v) is 5.05. The predicted molar refractivity (Wildman–Crippen MR) is 104 cm³/mol. The van der Waals surface area contributed by atoms with E-state index in [9.17, 15) is 13.6 Å². The van der Waals surface area contributed by atoms with E-state index in [-0.39, 0.29) is 12.2 Å². The predicted octanol–water partition coefficient (Wildman–Crippen LogP) is 4.14. The van der Waals surface area contributed by atoms with Crippen LogP contribution in [-0.4, -0.2) is 48.2 Å². The summed E-state index contributed by atoms with van der Waals surface area (Å²) in [5, 5.41) is 0. The summed E-state index contributed by atoms with van der Waals surface area (Å²) in [7, 11) is 0. The third-order valence-electron chi connectivity index (χ3n) is 6.63. The molecule has 0 saturated carbocycles. The van der Waals surface area contributed by atoms with Crippen molar-refractivity contribution in [1.82, 2.24) is 9.80 Å². The fourth-order valence-electron chi connectivity index (χ4n) is 5.05. The number of carbonyl (C=O) groups excluding carboxylic acids is 1. The number of carbonyl (C=O) groups is 1. The van der Waals surface area contributed by atoms with Gasteiger partial charge in [0.15, 0.2) is 11.6 Å². The first-order valence-electron chi connectivity index (χ1n) is 10.3. The summed E-state index contributed by atoms with van der Waals surface area (Å²) in [6.45, 7) is 3.43. The van der Waals surface area contributed by atoms with Crippen molar-refractivity contribution >= 4 is 6.09 Å². The van der Waals surface area contributed by atoms with Crippen LogP contribution in [0, 0.1) is 17.6 Å². The van der Waals surface area contributed by atoms with Gasteiger partial charge in [0.25, 0.3) is 0 Å². The van der Waals surface area contributed by atoms with Crippen LogP contribution in [0.25, 0.3) is 0 Å². The molecule has 4 aliphatic rings. The van der Waals surface area contributed by atoms with Gasteiger partial charge >= 0.3 is 6.09 Å². The summed E-state index contributed by atoms with van der Waals surface area (Å²) in [6, 6.07) is 11.2. The van der Waals surface area contributed by atoms with Crippen LogP contribution in [0.3, 0.4) is 0 Å². The Hall–Kier alpha value is -2.47. The zero-order valence-corrected chi connectivity index (χ0v) is 16.2. The van der Waals surface area contributed by atoms with Crippen molar-refractivity contribution in [2.75, 3.05) is 26.2 Å². The van der Waals surface area contributed by atoms with E-state index in [0.717, 1.165) is 49.7 Å². The number of hydrogen-bond acceptors (Lipinski definition) is 3. The largest absolute Gasteiger partial charge is 0.444 e. The molecular weight excluding hydrogens is 374 g/mol. The molecule has 0 unspecified atom stereocenters. The lowest BCUT2D eigenvalue weighted by atomic mass is 9.86. The van der Waals surface area contributed by atoms with Gasteiger partial charge in [-0.05, 0) is 67.1 Å². The molecular formula is C23H24F2N2O2. The molecule has 6 rings (SSSR count). The number of ether oxygens (including phenoxy) is 1. The van der Waals surface area contributed by atoms with Crippen molar-refractivity contribution in [3.05, 3.63) is 70.8 Å². The molecule has 6 heteroatoms. The number of halogens is 2. The van der Waals surface area contributed by atoms with Crippen LogP contribution in [0.1, 0.15) is 35.6 Å². The van der Waals surface area contributed by atoms with Crippen LogP contribution in [0.2, 0.25) is 0 Å². The molecule has 4 aliphatic heterocycles. The highest BCUT2D eigenvalue weighted by Crippen LogP contribution is 2.37. The van der Waals surface area contributed by atoms with Crippen molar-refractivity contribution < 1.29 is 18.3 Å². The summed E-state index contributed by atoms with van der Waals surface area (Å²) >= 11 is 0. The standard InChI is InChI=1S/C23H24F2N2O2/c24-19-6-5-17(13-20(19)25)22-18-4-2-1-3-15(18)9-12-27(22)23(28)29-21-14-26-10-7-16(21)8-11-26/h1-6,13,16,21-22H,7-12,14H2/t21-,22-/m1/s1. The molecule has 0 N–H and O–H groups in total. The van der Waals surface area contributed by atoms with Crippen LogP contribution >= 0.6 is 0 Å². The smallest absolute Gasteiger partial charge is 0.410 e. The average molecular weight is 398 g/mol. The lowest BCUT2D eigenvalue weighted by molar-refractivity contribution is -0.0462. The molecule has 0 radical (unpaired) electrons. The van der Waals surface area contributed by atoms with Gasteiger partial charge in [0.2, 0.25) is 0 Å². The van der Waals surface area contributed by atoms with E-state index in [2.05, 4.69) is 4.90 Å². The number of amides is 1. The highest BCUT2D eigenvalue weighted by atomic mass is 19.2. The second-order valence-corrected chi connectivity index (χ2v) is 8.28. The minimum Gasteiger partial charge on any atom is -0.444 e. The quantitative estimate of drug-likeness (QED) is 0.762. The van der Waals surface area contributed by atoms with E-state index >= 15 is 0 Å². The molecule has 2 atom stereocenters. The van der Waals surface area contributed by atoms with Gasteiger partial charge in [0.1, 0.15) is 6.10 Å². The average Bonchev–Trinajstić information content (AvgIpc) is 2.76. The Kier molecular flexibility index (Phi) is 4.74. The van der Waals surface area contributed by atoms with Crippen molar-refractivity contribution in [2.45, 2.75) is 31.4 Å². The van der Waals surface area contributed by atoms with Crippen molar-refractivity contribution in [2.24, 2.45) is 5.92 Å². The van der Waals surface area contributed by atoms with Gasteiger partial charge in [-0.1, -0.05) is 30.3 Å². The van der Waals surface area contributed by atoms with E-state index in [4.69, 9.17) is 4.74 Å². The topological polar surface area (TPSA) is 32.8 Å². The molecule has 2 bridgehead atoms. The fraction of sp³-hybridized carbons (Fsp3) is 0.435. The second kappa shape index (κ2) is 7.41. The van der Waals surface area contributed by atoms with Crippen LogP contribution in [0.5, 0.6) is 0 Å². The van der Waals surface area contributed by atoms with Crippen LogP contribution < -0.4 is 0 Å². The van der Waals surface area contributed by atoms with Crippen LogP contribution in [-0.2, 0) is 11.2 Å². The van der Waals surface area contributed by atoms with Crippen molar-refractivity contribution in [1.29, 1.82) is 0 Å². The van der Waals surface area contributed by atoms with E-state index in [1.807, 2.05) is 24.3 Å². The Morgan fingerprint density at radius 2 is 1.79 bits per heavy atom. The highest BCUT2D eigenvalue weighted by molar-refractivity contribution is 5.70. The molecule has 29 heavy (non-hydrogen) atoms. The van der Waals surface area contributed by atoms with Crippen LogP contribution in [0.4, 0.5) is 13.6 Å². The first-order valence-corrected chi connectivity index (χ1v) is 10.3. The minimum atomic E-state index is -0.906. The van der Waals surface area contributed by atoms with E-state index in [0.29, 0.717) is 24.4 Å². The Morgan fingerprint density at radius 3 is 2.52 bits per heavy atom. The molecule has 3 fully saturated rings. The summed E-state index contributed by atoms with van der Waals surface area (Å²) in [5.74, 6) is -1.38. The maximum Gasteiger partial charge on any atom is 0.410 e. The third-order valence-corrected chi connectivity index (χ3v) is 6.63. The first kappa shape index (κ1) is 18.6. The molecule has 0 aliphatic carbocycles. The maximum atomic E-state index is 14.0. The van der Waals surface area contributed by atoms with Gasteiger partial charge in [-0.15, -0.1) is 0 Å². The Bertz CT molecular complexity index is 927. The molecule has 3 saturated heterocycles. The number of piperidine rings is 3. The second-order valence-electron chi connectivity index (χ2n) is 8.28. The number of fused-ring (bicyclic) bond motifs is 4. The van der Waals surface area contributed by atoms with Gasteiger partial charge in [-0.3, -0.25) is 9.80 Å². The lowest BCUT2D eigenvalue weighted by Gasteiger charge is -2.45. The lowest BCUT2D eigenvalue weighted by Crippen LogP contribution is -2.53. The van der Waals surface area contributed by atoms with Crippen molar-refractivity contribution in [3.63, 3.8) is 0 Å².